The van der Waals surface area contributed by atoms with Crippen LogP contribution in [0.1, 0.15) is 18.9 Å². The maximum Gasteiger partial charge on any atom is 0.328 e. The number of halogens is 1. The molecule has 1 N–H and O–H groups in total. The van der Waals surface area contributed by atoms with Gasteiger partial charge in [0, 0.05) is 6.04 Å². The van der Waals surface area contributed by atoms with Gasteiger partial charge in [0.05, 0.1) is 0 Å². The van der Waals surface area contributed by atoms with Crippen LogP contribution in [0.2, 0.25) is 5.15 Å². The van der Waals surface area contributed by atoms with Crippen molar-refractivity contribution < 1.29 is 0 Å². The van der Waals surface area contributed by atoms with Crippen LogP contribution in [0.5, 0.6) is 0 Å². The summed E-state index contributed by atoms with van der Waals surface area (Å²) in [4.78, 5) is 22.1. The van der Waals surface area contributed by atoms with Crippen LogP contribution in [0.3, 0.4) is 0 Å². The van der Waals surface area contributed by atoms with Gasteiger partial charge in [-0.05, 0) is 12.8 Å². The monoisotopic (exact) mass is 210 g/mol. The van der Waals surface area contributed by atoms with Crippen LogP contribution in [0, 0.1) is 0 Å². The summed E-state index contributed by atoms with van der Waals surface area (Å²) in [5, 5.41) is 0.298. The minimum Gasteiger partial charge on any atom is -0.302 e. The Labute approximate surface area is 83.7 Å². The number of hydrogen-bond donors (Lipinski definition) is 1. The molecule has 6 heteroatoms. The SMILES string of the molecule is O=c1[nH]c2c(Cl)ncnc2n1C1CC1. The summed E-state index contributed by atoms with van der Waals surface area (Å²) in [7, 11) is 0. The van der Waals surface area contributed by atoms with Gasteiger partial charge < -0.3 is 4.98 Å². The molecule has 0 saturated heterocycles. The number of rotatable bonds is 1. The molecule has 1 fully saturated rings. The van der Waals surface area contributed by atoms with Crippen molar-refractivity contribution in [2.24, 2.45) is 0 Å². The van der Waals surface area contributed by atoms with E-state index < -0.39 is 0 Å². The predicted molar refractivity (Wildman–Crippen MR) is 51.4 cm³/mol. The van der Waals surface area contributed by atoms with Crippen molar-refractivity contribution in [1.82, 2.24) is 19.5 Å². The van der Waals surface area contributed by atoms with Crippen LogP contribution in [0.15, 0.2) is 11.1 Å². The van der Waals surface area contributed by atoms with Crippen molar-refractivity contribution in [3.63, 3.8) is 0 Å². The average molecular weight is 211 g/mol. The summed E-state index contributed by atoms with van der Waals surface area (Å²) in [5.74, 6) is 0. The number of nitrogens with zero attached hydrogens (tertiary/aromatic N) is 3. The van der Waals surface area contributed by atoms with Crippen molar-refractivity contribution in [3.8, 4) is 0 Å². The maximum atomic E-state index is 11.6. The van der Waals surface area contributed by atoms with Gasteiger partial charge in [0.15, 0.2) is 10.8 Å². The molecule has 0 atom stereocenters. The number of nitrogens with one attached hydrogen (secondary N) is 1. The average Bonchev–Trinajstić information content (AvgIpc) is 2.91. The van der Waals surface area contributed by atoms with Gasteiger partial charge in [-0.15, -0.1) is 0 Å². The third kappa shape index (κ3) is 0.988. The van der Waals surface area contributed by atoms with Crippen molar-refractivity contribution in [1.29, 1.82) is 0 Å². The molecular formula is C8H7ClN4O. The second-order valence-electron chi connectivity index (χ2n) is 3.39. The molecule has 2 aromatic heterocycles. The number of fused-ring (bicyclic) bond motifs is 1. The summed E-state index contributed by atoms with van der Waals surface area (Å²) in [6.07, 6.45) is 3.44. The Hall–Kier alpha value is -1.36. The van der Waals surface area contributed by atoms with Crippen LogP contribution in [-0.4, -0.2) is 19.5 Å². The topological polar surface area (TPSA) is 63.6 Å². The Bertz CT molecular complexity index is 554. The summed E-state index contributed by atoms with van der Waals surface area (Å²) >= 11 is 5.83. The van der Waals surface area contributed by atoms with E-state index in [0.29, 0.717) is 22.4 Å². The molecule has 2 heterocycles. The minimum atomic E-state index is -0.148. The number of aromatic nitrogens is 4. The highest BCUT2D eigenvalue weighted by Crippen LogP contribution is 2.35. The van der Waals surface area contributed by atoms with Gasteiger partial charge in [0.2, 0.25) is 0 Å². The summed E-state index contributed by atoms with van der Waals surface area (Å²) in [6, 6.07) is 0.294. The van der Waals surface area contributed by atoms with Gasteiger partial charge in [-0.3, -0.25) is 4.57 Å². The summed E-state index contributed by atoms with van der Waals surface area (Å²) in [6.45, 7) is 0. The zero-order valence-electron chi connectivity index (χ0n) is 7.20. The smallest absolute Gasteiger partial charge is 0.302 e. The lowest BCUT2D eigenvalue weighted by atomic mass is 10.5. The van der Waals surface area contributed by atoms with E-state index in [1.54, 1.807) is 4.57 Å². The van der Waals surface area contributed by atoms with E-state index in [4.69, 9.17) is 11.6 Å². The van der Waals surface area contributed by atoms with E-state index >= 15 is 0 Å². The molecule has 3 rings (SSSR count). The van der Waals surface area contributed by atoms with Crippen LogP contribution in [0.4, 0.5) is 0 Å². The van der Waals surface area contributed by atoms with Gasteiger partial charge in [-0.2, -0.15) is 0 Å². The molecular weight excluding hydrogens is 204 g/mol. The first-order chi connectivity index (χ1) is 6.77. The third-order valence-corrected chi connectivity index (χ3v) is 2.66. The van der Waals surface area contributed by atoms with E-state index in [2.05, 4.69) is 15.0 Å². The number of imidazole rings is 1. The molecule has 1 aliphatic rings. The lowest BCUT2D eigenvalue weighted by Crippen LogP contribution is -2.15. The second-order valence-corrected chi connectivity index (χ2v) is 3.75. The Morgan fingerprint density at radius 2 is 2.29 bits per heavy atom. The molecule has 2 aromatic rings. The first-order valence-corrected chi connectivity index (χ1v) is 4.76. The molecule has 0 spiro atoms. The van der Waals surface area contributed by atoms with Crippen LogP contribution in [-0.2, 0) is 0 Å². The van der Waals surface area contributed by atoms with Crippen molar-refractivity contribution in [3.05, 3.63) is 22.0 Å². The van der Waals surface area contributed by atoms with Crippen molar-refractivity contribution >= 4 is 22.8 Å². The molecule has 5 nitrogen and oxygen atoms in total. The first-order valence-electron chi connectivity index (χ1n) is 4.38. The van der Waals surface area contributed by atoms with Crippen LogP contribution in [0.25, 0.3) is 11.2 Å². The van der Waals surface area contributed by atoms with E-state index in [1.165, 1.54) is 6.33 Å². The molecule has 72 valence electrons. The van der Waals surface area contributed by atoms with Gasteiger partial charge in [0.1, 0.15) is 11.8 Å². The fourth-order valence-corrected chi connectivity index (χ4v) is 1.76. The highest BCUT2D eigenvalue weighted by Gasteiger charge is 2.28. The highest BCUT2D eigenvalue weighted by molar-refractivity contribution is 6.33. The molecule has 0 bridgehead atoms. The number of hydrogen-bond acceptors (Lipinski definition) is 3. The van der Waals surface area contributed by atoms with Gasteiger partial charge in [0.25, 0.3) is 0 Å². The number of H-pyrrole nitrogens is 1. The van der Waals surface area contributed by atoms with Crippen molar-refractivity contribution in [2.75, 3.05) is 0 Å². The van der Waals surface area contributed by atoms with E-state index in [-0.39, 0.29) is 5.69 Å². The lowest BCUT2D eigenvalue weighted by molar-refractivity contribution is 0.725. The van der Waals surface area contributed by atoms with Gasteiger partial charge in [-0.25, -0.2) is 14.8 Å². The molecule has 0 amide bonds. The molecule has 1 aliphatic carbocycles. The zero-order valence-corrected chi connectivity index (χ0v) is 7.95. The largest absolute Gasteiger partial charge is 0.328 e. The predicted octanol–water partition coefficient (Wildman–Crippen LogP) is 1.11. The summed E-state index contributed by atoms with van der Waals surface area (Å²) < 4.78 is 1.66. The Morgan fingerprint density at radius 1 is 1.50 bits per heavy atom. The Kier molecular flexibility index (Phi) is 1.47. The molecule has 0 aliphatic heterocycles. The Balaban J connectivity index is 2.43. The summed E-state index contributed by atoms with van der Waals surface area (Å²) in [5.41, 5.74) is 0.994. The van der Waals surface area contributed by atoms with E-state index in [1.807, 2.05) is 0 Å². The van der Waals surface area contributed by atoms with Gasteiger partial charge >= 0.3 is 5.69 Å². The normalized spacial score (nSPS) is 16.4. The first kappa shape index (κ1) is 7.99. The zero-order chi connectivity index (χ0) is 9.71. The quantitative estimate of drug-likeness (QED) is 0.718. The fourth-order valence-electron chi connectivity index (χ4n) is 1.58. The molecule has 14 heavy (non-hydrogen) atoms. The molecule has 0 radical (unpaired) electrons. The van der Waals surface area contributed by atoms with E-state index in [0.717, 1.165) is 12.8 Å². The molecule has 1 saturated carbocycles. The Morgan fingerprint density at radius 3 is 3.00 bits per heavy atom. The highest BCUT2D eigenvalue weighted by atomic mass is 35.5. The molecule has 0 aromatic carbocycles. The number of aromatic amines is 1. The molecule has 0 unspecified atom stereocenters. The van der Waals surface area contributed by atoms with Crippen LogP contribution >= 0.6 is 11.6 Å². The fraction of sp³-hybridized carbons (Fsp3) is 0.375. The second kappa shape index (κ2) is 2.57. The lowest BCUT2D eigenvalue weighted by Gasteiger charge is -1.97. The maximum absolute atomic E-state index is 11.6. The minimum absolute atomic E-state index is 0.148. The van der Waals surface area contributed by atoms with Crippen molar-refractivity contribution in [2.45, 2.75) is 18.9 Å². The van der Waals surface area contributed by atoms with Crippen LogP contribution < -0.4 is 5.69 Å². The van der Waals surface area contributed by atoms with E-state index in [9.17, 15) is 4.79 Å². The van der Waals surface area contributed by atoms with Gasteiger partial charge in [-0.1, -0.05) is 11.6 Å². The third-order valence-electron chi connectivity index (χ3n) is 2.37. The standard InChI is InChI=1S/C8H7ClN4O/c9-6-5-7(11-3-10-6)13(4-1-2-4)8(14)12-5/h3-4H,1-2H2,(H,12,14).